The number of amides is 2. The summed E-state index contributed by atoms with van der Waals surface area (Å²) in [6, 6.07) is 10.4. The Bertz CT molecular complexity index is 821. The van der Waals surface area contributed by atoms with Gasteiger partial charge in [0.05, 0.1) is 10.7 Å². The van der Waals surface area contributed by atoms with Gasteiger partial charge in [0.15, 0.2) is 0 Å². The second kappa shape index (κ2) is 9.06. The lowest BCUT2D eigenvalue weighted by atomic mass is 10.1. The molecule has 0 saturated carbocycles. The molecule has 0 aliphatic carbocycles. The number of rotatable bonds is 6. The molecule has 0 spiro atoms. The normalized spacial score (nSPS) is 10.5. The van der Waals surface area contributed by atoms with Gasteiger partial charge in [0.2, 0.25) is 5.91 Å². The summed E-state index contributed by atoms with van der Waals surface area (Å²) in [5.74, 6) is -0.466. The molecular formula is C20H22Cl2N2O2. The van der Waals surface area contributed by atoms with Crippen LogP contribution >= 0.6 is 23.2 Å². The Kier molecular flexibility index (Phi) is 7.06. The molecule has 0 heterocycles. The number of carbonyl (C=O) groups excluding carboxylic acids is 2. The average molecular weight is 393 g/mol. The van der Waals surface area contributed by atoms with E-state index in [4.69, 9.17) is 23.2 Å². The lowest BCUT2D eigenvalue weighted by Crippen LogP contribution is -2.38. The van der Waals surface area contributed by atoms with Crippen molar-refractivity contribution in [1.82, 2.24) is 4.90 Å². The molecule has 2 aromatic carbocycles. The molecule has 0 fully saturated rings. The standard InChI is InChI=1S/C20H22Cl2N2O2/c1-4-9-24(20(26)15-6-5-13(2)14(3)10-15)12-19(25)23-18-8-7-16(21)11-17(18)22/h5-8,10-11H,4,9,12H2,1-3H3,(H,23,25). The Morgan fingerprint density at radius 3 is 2.38 bits per heavy atom. The summed E-state index contributed by atoms with van der Waals surface area (Å²) in [4.78, 5) is 26.7. The van der Waals surface area contributed by atoms with Crippen molar-refractivity contribution >= 4 is 40.7 Å². The Morgan fingerprint density at radius 1 is 1.04 bits per heavy atom. The number of nitrogens with zero attached hydrogens (tertiary/aromatic N) is 1. The van der Waals surface area contributed by atoms with Crippen LogP contribution in [0.5, 0.6) is 0 Å². The molecule has 0 atom stereocenters. The number of nitrogens with one attached hydrogen (secondary N) is 1. The molecule has 0 aliphatic rings. The number of hydrogen-bond donors (Lipinski definition) is 1. The first-order valence-electron chi connectivity index (χ1n) is 8.43. The summed E-state index contributed by atoms with van der Waals surface area (Å²) in [5, 5.41) is 3.58. The molecule has 0 aliphatic heterocycles. The van der Waals surface area contributed by atoms with E-state index in [0.717, 1.165) is 17.5 Å². The van der Waals surface area contributed by atoms with E-state index in [0.29, 0.717) is 27.8 Å². The Hall–Kier alpha value is -2.04. The van der Waals surface area contributed by atoms with Gasteiger partial charge in [-0.05, 0) is 61.7 Å². The van der Waals surface area contributed by atoms with Gasteiger partial charge in [0.1, 0.15) is 6.54 Å². The summed E-state index contributed by atoms with van der Waals surface area (Å²) in [6.45, 7) is 6.38. The number of hydrogen-bond acceptors (Lipinski definition) is 2. The van der Waals surface area contributed by atoms with Crippen LogP contribution in [0.3, 0.4) is 0 Å². The summed E-state index contributed by atoms with van der Waals surface area (Å²) >= 11 is 11.9. The molecule has 26 heavy (non-hydrogen) atoms. The molecule has 0 bridgehead atoms. The maximum absolute atomic E-state index is 12.8. The van der Waals surface area contributed by atoms with E-state index >= 15 is 0 Å². The van der Waals surface area contributed by atoms with Crippen molar-refractivity contribution in [2.24, 2.45) is 0 Å². The molecule has 6 heteroatoms. The molecule has 0 radical (unpaired) electrons. The van der Waals surface area contributed by atoms with Gasteiger partial charge in [-0.2, -0.15) is 0 Å². The van der Waals surface area contributed by atoms with E-state index in [2.05, 4.69) is 5.32 Å². The fourth-order valence-electron chi connectivity index (χ4n) is 2.53. The first-order chi connectivity index (χ1) is 12.3. The number of halogens is 2. The van der Waals surface area contributed by atoms with Gasteiger partial charge >= 0.3 is 0 Å². The van der Waals surface area contributed by atoms with Gasteiger partial charge in [-0.25, -0.2) is 0 Å². The third-order valence-electron chi connectivity index (χ3n) is 4.07. The molecule has 2 amide bonds. The lowest BCUT2D eigenvalue weighted by Gasteiger charge is -2.22. The average Bonchev–Trinajstić information content (AvgIpc) is 2.59. The second-order valence-electron chi connectivity index (χ2n) is 6.20. The van der Waals surface area contributed by atoms with Crippen LogP contribution in [0, 0.1) is 13.8 Å². The van der Waals surface area contributed by atoms with E-state index in [1.165, 1.54) is 0 Å². The molecule has 1 N–H and O–H groups in total. The van der Waals surface area contributed by atoms with E-state index in [1.54, 1.807) is 29.2 Å². The van der Waals surface area contributed by atoms with Crippen LogP contribution < -0.4 is 5.32 Å². The van der Waals surface area contributed by atoms with E-state index < -0.39 is 0 Å². The van der Waals surface area contributed by atoms with Crippen molar-refractivity contribution in [3.05, 3.63) is 63.1 Å². The quantitative estimate of drug-likeness (QED) is 0.742. The minimum absolute atomic E-state index is 0.0431. The highest BCUT2D eigenvalue weighted by molar-refractivity contribution is 6.36. The molecule has 0 aromatic heterocycles. The summed E-state index contributed by atoms with van der Waals surface area (Å²) in [5.41, 5.74) is 3.22. The zero-order valence-corrected chi connectivity index (χ0v) is 16.6. The van der Waals surface area contributed by atoms with Crippen molar-refractivity contribution in [2.75, 3.05) is 18.4 Å². The highest BCUT2D eigenvalue weighted by Crippen LogP contribution is 2.25. The van der Waals surface area contributed by atoms with E-state index in [-0.39, 0.29) is 18.4 Å². The van der Waals surface area contributed by atoms with Crippen molar-refractivity contribution < 1.29 is 9.59 Å². The number of carbonyl (C=O) groups is 2. The SMILES string of the molecule is CCCN(CC(=O)Nc1ccc(Cl)cc1Cl)C(=O)c1ccc(C)c(C)c1. The first-order valence-corrected chi connectivity index (χ1v) is 9.18. The van der Waals surface area contributed by atoms with Crippen LogP contribution in [0.2, 0.25) is 10.0 Å². The predicted molar refractivity (Wildman–Crippen MR) is 107 cm³/mol. The molecule has 2 aromatic rings. The molecular weight excluding hydrogens is 371 g/mol. The fraction of sp³-hybridized carbons (Fsp3) is 0.300. The van der Waals surface area contributed by atoms with Crippen LogP contribution in [-0.2, 0) is 4.79 Å². The van der Waals surface area contributed by atoms with Gasteiger partial charge in [-0.1, -0.05) is 36.2 Å². The predicted octanol–water partition coefficient (Wildman–Crippen LogP) is 5.10. The smallest absolute Gasteiger partial charge is 0.254 e. The Morgan fingerprint density at radius 2 is 1.77 bits per heavy atom. The largest absolute Gasteiger partial charge is 0.329 e. The summed E-state index contributed by atoms with van der Waals surface area (Å²) in [7, 11) is 0. The van der Waals surface area contributed by atoms with Gasteiger partial charge in [0, 0.05) is 17.1 Å². The van der Waals surface area contributed by atoms with Gasteiger partial charge in [-0.3, -0.25) is 9.59 Å². The molecule has 4 nitrogen and oxygen atoms in total. The van der Waals surface area contributed by atoms with Crippen molar-refractivity contribution in [1.29, 1.82) is 0 Å². The minimum atomic E-state index is -0.306. The fourth-order valence-corrected chi connectivity index (χ4v) is 2.99. The summed E-state index contributed by atoms with van der Waals surface area (Å²) in [6.07, 6.45) is 0.756. The van der Waals surface area contributed by atoms with Gasteiger partial charge < -0.3 is 10.2 Å². The maximum atomic E-state index is 12.8. The number of aryl methyl sites for hydroxylation is 2. The highest BCUT2D eigenvalue weighted by atomic mass is 35.5. The second-order valence-corrected chi connectivity index (χ2v) is 7.04. The van der Waals surface area contributed by atoms with Crippen molar-refractivity contribution in [2.45, 2.75) is 27.2 Å². The van der Waals surface area contributed by atoms with Crippen LogP contribution in [0.4, 0.5) is 5.69 Å². The molecule has 2 rings (SSSR count). The molecule has 0 unspecified atom stereocenters. The minimum Gasteiger partial charge on any atom is -0.329 e. The molecule has 138 valence electrons. The zero-order valence-electron chi connectivity index (χ0n) is 15.1. The van der Waals surface area contributed by atoms with Gasteiger partial charge in [0.25, 0.3) is 5.91 Å². The van der Waals surface area contributed by atoms with Crippen LogP contribution in [0.15, 0.2) is 36.4 Å². The maximum Gasteiger partial charge on any atom is 0.254 e. The van der Waals surface area contributed by atoms with Crippen LogP contribution in [-0.4, -0.2) is 29.8 Å². The molecule has 0 saturated heterocycles. The monoisotopic (exact) mass is 392 g/mol. The van der Waals surface area contributed by atoms with Crippen molar-refractivity contribution in [3.8, 4) is 0 Å². The third-order valence-corrected chi connectivity index (χ3v) is 4.62. The van der Waals surface area contributed by atoms with Crippen LogP contribution in [0.1, 0.15) is 34.8 Å². The Balaban J connectivity index is 2.12. The van der Waals surface area contributed by atoms with E-state index in [1.807, 2.05) is 32.9 Å². The third kappa shape index (κ3) is 5.23. The number of benzene rings is 2. The highest BCUT2D eigenvalue weighted by Gasteiger charge is 2.19. The first kappa shape index (κ1) is 20.3. The Labute approximate surface area is 164 Å². The summed E-state index contributed by atoms with van der Waals surface area (Å²) < 4.78 is 0. The number of anilines is 1. The van der Waals surface area contributed by atoms with Crippen molar-refractivity contribution in [3.63, 3.8) is 0 Å². The van der Waals surface area contributed by atoms with E-state index in [9.17, 15) is 9.59 Å². The van der Waals surface area contributed by atoms with Gasteiger partial charge in [-0.15, -0.1) is 0 Å². The zero-order chi connectivity index (χ0) is 19.3. The van der Waals surface area contributed by atoms with Crippen LogP contribution in [0.25, 0.3) is 0 Å². The topological polar surface area (TPSA) is 49.4 Å². The lowest BCUT2D eigenvalue weighted by molar-refractivity contribution is -0.116.